The summed E-state index contributed by atoms with van der Waals surface area (Å²) in [6.07, 6.45) is 3.91. The molecular formula is C20H25FN4O5S. The van der Waals surface area contributed by atoms with Gasteiger partial charge in [0.05, 0.1) is 10.6 Å². The summed E-state index contributed by atoms with van der Waals surface area (Å²) in [7, 11) is -4.30. The molecule has 1 aliphatic rings. The van der Waals surface area contributed by atoms with Crippen molar-refractivity contribution in [1.29, 1.82) is 0 Å². The quantitative estimate of drug-likeness (QED) is 0.610. The van der Waals surface area contributed by atoms with Crippen molar-refractivity contribution in [1.82, 2.24) is 14.7 Å². The third-order valence-corrected chi connectivity index (χ3v) is 6.06. The molecule has 3 rings (SSSR count). The molecule has 3 N–H and O–H groups in total. The first-order chi connectivity index (χ1) is 14.5. The van der Waals surface area contributed by atoms with E-state index in [9.17, 15) is 17.6 Å². The van der Waals surface area contributed by atoms with Crippen LogP contribution in [0.2, 0.25) is 0 Å². The summed E-state index contributed by atoms with van der Waals surface area (Å²) < 4.78 is 45.7. The number of rotatable bonds is 6. The van der Waals surface area contributed by atoms with Crippen LogP contribution in [0.25, 0.3) is 0 Å². The molecule has 1 aromatic carbocycles. The average Bonchev–Trinajstić information content (AvgIpc) is 2.61. The van der Waals surface area contributed by atoms with Crippen molar-refractivity contribution in [3.63, 3.8) is 0 Å². The molecule has 9 nitrogen and oxygen atoms in total. The molecule has 11 heteroatoms. The number of aromatic nitrogens is 2. The molecule has 0 unspecified atom stereocenters. The van der Waals surface area contributed by atoms with Gasteiger partial charge in [0.25, 0.3) is 10.0 Å². The van der Waals surface area contributed by atoms with Crippen molar-refractivity contribution in [2.45, 2.75) is 50.0 Å². The summed E-state index contributed by atoms with van der Waals surface area (Å²) in [4.78, 5) is 19.6. The molecule has 0 radical (unpaired) electrons. The van der Waals surface area contributed by atoms with E-state index in [0.29, 0.717) is 11.8 Å². The van der Waals surface area contributed by atoms with Crippen molar-refractivity contribution in [3.8, 4) is 0 Å². The van der Waals surface area contributed by atoms with Crippen molar-refractivity contribution < 1.29 is 27.4 Å². The Hall–Kier alpha value is -2.79. The monoisotopic (exact) mass is 452 g/mol. The maximum atomic E-state index is 14.5. The number of nitrogens with one attached hydrogen (secondary N) is 2. The second-order valence-electron chi connectivity index (χ2n) is 8.43. The van der Waals surface area contributed by atoms with E-state index >= 15 is 0 Å². The number of aliphatic hydroxyl groups excluding tert-OH is 1. The highest BCUT2D eigenvalue weighted by atomic mass is 32.2. The van der Waals surface area contributed by atoms with Gasteiger partial charge in [0, 0.05) is 19.0 Å². The van der Waals surface area contributed by atoms with Gasteiger partial charge in [0.15, 0.2) is 0 Å². The molecule has 0 saturated heterocycles. The number of carbonyl (C=O) groups is 1. The van der Waals surface area contributed by atoms with Crippen LogP contribution in [0.5, 0.6) is 0 Å². The van der Waals surface area contributed by atoms with Gasteiger partial charge in [0.1, 0.15) is 11.4 Å². The Labute approximate surface area is 180 Å². The highest BCUT2D eigenvalue weighted by Gasteiger charge is 2.30. The van der Waals surface area contributed by atoms with Crippen LogP contribution in [-0.4, -0.2) is 41.8 Å². The zero-order valence-electron chi connectivity index (χ0n) is 17.4. The molecule has 0 bridgehead atoms. The highest BCUT2D eigenvalue weighted by molar-refractivity contribution is 7.90. The molecule has 0 spiro atoms. The smallest absolute Gasteiger partial charge is 0.421 e. The first-order valence-electron chi connectivity index (χ1n) is 9.72. The number of nitrogens with zero attached hydrogens (tertiary/aromatic N) is 2. The summed E-state index contributed by atoms with van der Waals surface area (Å²) >= 11 is 0. The zero-order valence-corrected chi connectivity index (χ0v) is 18.2. The van der Waals surface area contributed by atoms with Gasteiger partial charge in [-0.25, -0.2) is 32.3 Å². The van der Waals surface area contributed by atoms with Gasteiger partial charge >= 0.3 is 6.09 Å². The Bertz CT molecular complexity index is 1050. The third kappa shape index (κ3) is 5.88. The van der Waals surface area contributed by atoms with E-state index in [4.69, 9.17) is 9.84 Å². The van der Waals surface area contributed by atoms with E-state index < -0.39 is 32.4 Å². The minimum absolute atomic E-state index is 0.0204. The summed E-state index contributed by atoms with van der Waals surface area (Å²) in [5, 5.41) is 11.8. The number of halogens is 1. The molecule has 1 aromatic heterocycles. The second-order valence-corrected chi connectivity index (χ2v) is 10.1. The maximum Gasteiger partial charge on any atom is 0.421 e. The van der Waals surface area contributed by atoms with E-state index in [2.05, 4.69) is 15.3 Å². The number of aliphatic hydroxyl groups is 1. The normalized spacial score (nSPS) is 18.7. The van der Waals surface area contributed by atoms with Gasteiger partial charge in [-0.05, 0) is 69.2 Å². The topological polar surface area (TPSA) is 131 Å². The molecule has 2 aromatic rings. The Kier molecular flexibility index (Phi) is 6.46. The van der Waals surface area contributed by atoms with Crippen LogP contribution in [0.15, 0.2) is 35.5 Å². The molecule has 1 fully saturated rings. The molecule has 0 aliphatic heterocycles. The van der Waals surface area contributed by atoms with Gasteiger partial charge in [-0.2, -0.15) is 0 Å². The maximum absolute atomic E-state index is 14.5. The standard InChI is InChI=1S/C20H25FN4O5S/c1-20(2,3)30-19(27)25-31(28,29)15-4-5-17(16(21)8-15)24-18-22-9-14(10-23-18)13-6-12(7-13)11-26/h4-5,8-10,12-13,26H,6-7,11H2,1-3H3,(H,25,27)(H,22,23,24). The van der Waals surface area contributed by atoms with Crippen LogP contribution >= 0.6 is 0 Å². The SMILES string of the molecule is CC(C)(C)OC(=O)NS(=O)(=O)c1ccc(Nc2ncc(C3CC(CO)C3)cn2)c(F)c1. The molecule has 168 valence electrons. The number of anilines is 2. The lowest BCUT2D eigenvalue weighted by atomic mass is 9.72. The lowest BCUT2D eigenvalue weighted by molar-refractivity contribution is 0.0570. The Morgan fingerprint density at radius 3 is 2.45 bits per heavy atom. The van der Waals surface area contributed by atoms with Crippen molar-refractivity contribution >= 4 is 27.8 Å². The van der Waals surface area contributed by atoms with E-state index in [0.717, 1.165) is 30.5 Å². The minimum atomic E-state index is -4.30. The van der Waals surface area contributed by atoms with Crippen LogP contribution in [0.4, 0.5) is 20.8 Å². The fourth-order valence-electron chi connectivity index (χ4n) is 3.12. The third-order valence-electron chi connectivity index (χ3n) is 4.75. The Morgan fingerprint density at radius 1 is 1.26 bits per heavy atom. The minimum Gasteiger partial charge on any atom is -0.443 e. The van der Waals surface area contributed by atoms with E-state index in [1.165, 1.54) is 6.07 Å². The number of hydrogen-bond acceptors (Lipinski definition) is 8. The lowest BCUT2D eigenvalue weighted by Crippen LogP contribution is -2.36. The largest absolute Gasteiger partial charge is 0.443 e. The van der Waals surface area contributed by atoms with Crippen molar-refractivity contribution in [2.75, 3.05) is 11.9 Å². The Morgan fingerprint density at radius 2 is 1.90 bits per heavy atom. The average molecular weight is 453 g/mol. The first kappa shape index (κ1) is 22.9. The number of sulfonamides is 1. The van der Waals surface area contributed by atoms with E-state index in [1.54, 1.807) is 37.9 Å². The lowest BCUT2D eigenvalue weighted by Gasteiger charge is -2.33. The molecular weight excluding hydrogens is 427 g/mol. The van der Waals surface area contributed by atoms with Crippen LogP contribution in [0.1, 0.15) is 45.1 Å². The van der Waals surface area contributed by atoms with Crippen LogP contribution in [0, 0.1) is 11.7 Å². The van der Waals surface area contributed by atoms with E-state index in [1.807, 2.05) is 0 Å². The number of benzene rings is 1. The van der Waals surface area contributed by atoms with Crippen LogP contribution < -0.4 is 10.0 Å². The summed E-state index contributed by atoms with van der Waals surface area (Å²) in [6, 6.07) is 3.15. The van der Waals surface area contributed by atoms with Gasteiger partial charge in [-0.15, -0.1) is 0 Å². The summed E-state index contributed by atoms with van der Waals surface area (Å²) in [5.41, 5.74) is 0.0474. The predicted octanol–water partition coefficient (Wildman–Crippen LogP) is 3.06. The van der Waals surface area contributed by atoms with Crippen molar-refractivity contribution in [2.24, 2.45) is 5.92 Å². The van der Waals surface area contributed by atoms with Crippen LogP contribution in [-0.2, 0) is 14.8 Å². The fraction of sp³-hybridized carbons (Fsp3) is 0.450. The fourth-order valence-corrected chi connectivity index (χ4v) is 4.01. The molecule has 1 amide bonds. The zero-order chi connectivity index (χ0) is 22.8. The summed E-state index contributed by atoms with van der Waals surface area (Å²) in [5.74, 6) is -0.0749. The Balaban J connectivity index is 1.66. The summed E-state index contributed by atoms with van der Waals surface area (Å²) in [6.45, 7) is 4.94. The predicted molar refractivity (Wildman–Crippen MR) is 111 cm³/mol. The second kappa shape index (κ2) is 8.75. The number of ether oxygens (including phenoxy) is 1. The van der Waals surface area contributed by atoms with Gasteiger partial charge in [-0.3, -0.25) is 0 Å². The number of hydrogen-bond donors (Lipinski definition) is 3. The molecule has 0 atom stereocenters. The molecule has 31 heavy (non-hydrogen) atoms. The van der Waals surface area contributed by atoms with Crippen molar-refractivity contribution in [3.05, 3.63) is 42.0 Å². The molecule has 1 saturated carbocycles. The van der Waals surface area contributed by atoms with Crippen LogP contribution in [0.3, 0.4) is 0 Å². The van der Waals surface area contributed by atoms with Gasteiger partial charge in [0.2, 0.25) is 5.95 Å². The number of carbonyl (C=O) groups excluding carboxylic acids is 1. The highest BCUT2D eigenvalue weighted by Crippen LogP contribution is 2.40. The van der Waals surface area contributed by atoms with Gasteiger partial charge < -0.3 is 15.2 Å². The van der Waals surface area contributed by atoms with Gasteiger partial charge in [-0.1, -0.05) is 0 Å². The molecule has 1 heterocycles. The molecule has 1 aliphatic carbocycles. The first-order valence-corrected chi connectivity index (χ1v) is 11.2. The van der Waals surface area contributed by atoms with E-state index in [-0.39, 0.29) is 18.2 Å². The number of amides is 1.